The number of carbonyl (C=O) groups excluding carboxylic acids is 1. The maximum atomic E-state index is 10.1. The number of aryl methyl sites for hydroxylation is 1. The zero-order valence-electron chi connectivity index (χ0n) is 6.39. The molecule has 0 fully saturated rings. The van der Waals surface area contributed by atoms with Gasteiger partial charge in [0.1, 0.15) is 6.29 Å². The summed E-state index contributed by atoms with van der Waals surface area (Å²) in [6.07, 6.45) is 2.01. The summed E-state index contributed by atoms with van der Waals surface area (Å²) in [5.41, 5.74) is 0.927. The molecule has 0 aliphatic heterocycles. The molecule has 3 heteroatoms. The minimum absolute atomic E-state index is 0.486. The van der Waals surface area contributed by atoms with Crippen LogP contribution in [0.3, 0.4) is 0 Å². The van der Waals surface area contributed by atoms with E-state index in [9.17, 15) is 4.79 Å². The van der Waals surface area contributed by atoms with Gasteiger partial charge in [-0.3, -0.25) is 0 Å². The van der Waals surface area contributed by atoms with Crippen LogP contribution in [0.1, 0.15) is 12.0 Å². The van der Waals surface area contributed by atoms with Crippen LogP contribution >= 0.6 is 23.2 Å². The molecule has 1 nitrogen and oxygen atoms in total. The summed E-state index contributed by atoms with van der Waals surface area (Å²) in [5, 5.41) is 1.32. The fraction of sp³-hybridized carbons (Fsp3) is 0.222. The highest BCUT2D eigenvalue weighted by Crippen LogP contribution is 2.21. The van der Waals surface area contributed by atoms with E-state index >= 15 is 0 Å². The smallest absolute Gasteiger partial charge is 0.120 e. The molecule has 64 valence electrons. The topological polar surface area (TPSA) is 17.1 Å². The number of halogens is 2. The van der Waals surface area contributed by atoms with Crippen LogP contribution in [-0.2, 0) is 11.2 Å². The minimum atomic E-state index is 0.486. The van der Waals surface area contributed by atoms with Gasteiger partial charge in [0.25, 0.3) is 0 Å². The first kappa shape index (κ1) is 9.56. The molecule has 0 unspecified atom stereocenters. The van der Waals surface area contributed by atoms with Crippen molar-refractivity contribution in [2.24, 2.45) is 0 Å². The molecule has 0 spiro atoms. The standard InChI is InChI=1S/C9H8Cl2O/c10-8-3-4-9(11)7(6-8)2-1-5-12/h3-6H,1-2H2. The Balaban J connectivity index is 2.82. The summed E-state index contributed by atoms with van der Waals surface area (Å²) >= 11 is 11.6. The Morgan fingerprint density at radius 2 is 2.08 bits per heavy atom. The van der Waals surface area contributed by atoms with Crippen molar-refractivity contribution in [3.63, 3.8) is 0 Å². The highest BCUT2D eigenvalue weighted by atomic mass is 35.5. The maximum absolute atomic E-state index is 10.1. The van der Waals surface area contributed by atoms with Crippen molar-refractivity contribution >= 4 is 29.5 Å². The van der Waals surface area contributed by atoms with Crippen LogP contribution in [0.15, 0.2) is 18.2 Å². The highest BCUT2D eigenvalue weighted by molar-refractivity contribution is 6.33. The molecule has 0 heterocycles. The molecule has 0 aliphatic carbocycles. The average molecular weight is 203 g/mol. The molecule has 0 saturated heterocycles. The lowest BCUT2D eigenvalue weighted by Gasteiger charge is -2.01. The Morgan fingerprint density at radius 1 is 1.33 bits per heavy atom. The van der Waals surface area contributed by atoms with Crippen molar-refractivity contribution in [3.8, 4) is 0 Å². The summed E-state index contributed by atoms with van der Waals surface area (Å²) in [4.78, 5) is 10.1. The molecule has 1 aromatic carbocycles. The van der Waals surface area contributed by atoms with Gasteiger partial charge in [-0.25, -0.2) is 0 Å². The number of benzene rings is 1. The Labute approximate surface area is 81.3 Å². The van der Waals surface area contributed by atoms with Crippen LogP contribution < -0.4 is 0 Å². The number of carbonyl (C=O) groups is 1. The van der Waals surface area contributed by atoms with Crippen LogP contribution in [0.25, 0.3) is 0 Å². The molecule has 0 amide bonds. The van der Waals surface area contributed by atoms with Gasteiger partial charge in [-0.2, -0.15) is 0 Å². The molecule has 1 aromatic rings. The van der Waals surface area contributed by atoms with E-state index in [0.29, 0.717) is 22.9 Å². The number of hydrogen-bond donors (Lipinski definition) is 0. The lowest BCUT2D eigenvalue weighted by molar-refractivity contribution is -0.107. The molecule has 0 aromatic heterocycles. The Hall–Kier alpha value is -0.530. The van der Waals surface area contributed by atoms with E-state index < -0.39 is 0 Å². The van der Waals surface area contributed by atoms with Gasteiger partial charge in [-0.1, -0.05) is 23.2 Å². The summed E-state index contributed by atoms with van der Waals surface area (Å²) in [7, 11) is 0. The van der Waals surface area contributed by atoms with E-state index in [1.807, 2.05) is 0 Å². The lowest BCUT2D eigenvalue weighted by Crippen LogP contribution is -1.87. The number of aldehydes is 1. The summed E-state index contributed by atoms with van der Waals surface area (Å²) < 4.78 is 0. The van der Waals surface area contributed by atoms with Gasteiger partial charge in [0.15, 0.2) is 0 Å². The van der Waals surface area contributed by atoms with Gasteiger partial charge in [-0.15, -0.1) is 0 Å². The average Bonchev–Trinajstić information content (AvgIpc) is 2.07. The highest BCUT2D eigenvalue weighted by Gasteiger charge is 1.99. The molecule has 0 N–H and O–H groups in total. The van der Waals surface area contributed by atoms with Crippen molar-refractivity contribution < 1.29 is 4.79 Å². The second-order valence-corrected chi connectivity index (χ2v) is 3.28. The predicted octanol–water partition coefficient (Wildman–Crippen LogP) is 3.12. The fourth-order valence-electron chi connectivity index (χ4n) is 0.949. The normalized spacial score (nSPS) is 9.83. The summed E-state index contributed by atoms with van der Waals surface area (Å²) in [5.74, 6) is 0. The van der Waals surface area contributed by atoms with Crippen LogP contribution in [0.2, 0.25) is 10.0 Å². The van der Waals surface area contributed by atoms with Crippen LogP contribution in [-0.4, -0.2) is 6.29 Å². The van der Waals surface area contributed by atoms with E-state index in [1.54, 1.807) is 18.2 Å². The molecular formula is C9H8Cl2O. The minimum Gasteiger partial charge on any atom is -0.303 e. The maximum Gasteiger partial charge on any atom is 0.120 e. The second-order valence-electron chi connectivity index (χ2n) is 2.44. The molecular weight excluding hydrogens is 195 g/mol. The Bertz CT molecular complexity index is 284. The molecule has 0 bridgehead atoms. The third-order valence-electron chi connectivity index (χ3n) is 1.54. The van der Waals surface area contributed by atoms with Gasteiger partial charge >= 0.3 is 0 Å². The first-order valence-electron chi connectivity index (χ1n) is 3.61. The van der Waals surface area contributed by atoms with E-state index in [-0.39, 0.29) is 0 Å². The first-order valence-corrected chi connectivity index (χ1v) is 4.37. The predicted molar refractivity (Wildman–Crippen MR) is 50.8 cm³/mol. The van der Waals surface area contributed by atoms with E-state index in [0.717, 1.165) is 11.8 Å². The Morgan fingerprint density at radius 3 is 2.75 bits per heavy atom. The zero-order valence-corrected chi connectivity index (χ0v) is 7.90. The largest absolute Gasteiger partial charge is 0.303 e. The number of rotatable bonds is 3. The SMILES string of the molecule is O=CCCc1cc(Cl)ccc1Cl. The van der Waals surface area contributed by atoms with Crippen LogP contribution in [0, 0.1) is 0 Å². The van der Waals surface area contributed by atoms with Crippen LogP contribution in [0.5, 0.6) is 0 Å². The third-order valence-corrected chi connectivity index (χ3v) is 2.14. The van der Waals surface area contributed by atoms with Crippen molar-refractivity contribution in [1.82, 2.24) is 0 Å². The van der Waals surface area contributed by atoms with Crippen molar-refractivity contribution in [3.05, 3.63) is 33.8 Å². The van der Waals surface area contributed by atoms with Crippen molar-refractivity contribution in [2.45, 2.75) is 12.8 Å². The second kappa shape index (κ2) is 4.48. The van der Waals surface area contributed by atoms with E-state index in [2.05, 4.69) is 0 Å². The fourth-order valence-corrected chi connectivity index (χ4v) is 1.36. The molecule has 0 aliphatic rings. The van der Waals surface area contributed by atoms with Gasteiger partial charge in [0.05, 0.1) is 0 Å². The van der Waals surface area contributed by atoms with Crippen molar-refractivity contribution in [1.29, 1.82) is 0 Å². The lowest BCUT2D eigenvalue weighted by atomic mass is 10.1. The molecule has 0 saturated carbocycles. The first-order chi connectivity index (χ1) is 5.74. The van der Waals surface area contributed by atoms with Gasteiger partial charge < -0.3 is 4.79 Å². The zero-order chi connectivity index (χ0) is 8.97. The molecule has 1 rings (SSSR count). The monoisotopic (exact) mass is 202 g/mol. The van der Waals surface area contributed by atoms with Gasteiger partial charge in [0, 0.05) is 16.5 Å². The summed E-state index contributed by atoms with van der Waals surface area (Å²) in [6.45, 7) is 0. The van der Waals surface area contributed by atoms with E-state index in [1.165, 1.54) is 0 Å². The van der Waals surface area contributed by atoms with E-state index in [4.69, 9.17) is 23.2 Å². The third kappa shape index (κ3) is 2.50. The van der Waals surface area contributed by atoms with Crippen molar-refractivity contribution in [2.75, 3.05) is 0 Å². The molecule has 0 radical (unpaired) electrons. The Kier molecular flexibility index (Phi) is 3.57. The van der Waals surface area contributed by atoms with Gasteiger partial charge in [0.2, 0.25) is 0 Å². The number of hydrogen-bond acceptors (Lipinski definition) is 1. The molecule has 12 heavy (non-hydrogen) atoms. The molecule has 0 atom stereocenters. The summed E-state index contributed by atoms with van der Waals surface area (Å²) in [6, 6.07) is 5.26. The van der Waals surface area contributed by atoms with Crippen LogP contribution in [0.4, 0.5) is 0 Å². The van der Waals surface area contributed by atoms with Gasteiger partial charge in [-0.05, 0) is 30.2 Å². The quantitative estimate of drug-likeness (QED) is 0.689.